The molecule has 0 aromatic heterocycles. The highest BCUT2D eigenvalue weighted by Gasteiger charge is 2.48. The van der Waals surface area contributed by atoms with Crippen LogP contribution in [0, 0.1) is 0 Å². The minimum Gasteiger partial charge on any atom is -0.504 e. The molecule has 1 aliphatic rings. The number of aromatic carboxylic acids is 1. The lowest BCUT2D eigenvalue weighted by Gasteiger charge is -2.38. The third kappa shape index (κ3) is 3.19. The van der Waals surface area contributed by atoms with Crippen molar-refractivity contribution in [2.24, 2.45) is 0 Å². The van der Waals surface area contributed by atoms with Crippen LogP contribution in [0.3, 0.4) is 0 Å². The van der Waals surface area contributed by atoms with E-state index in [2.05, 4.69) is 0 Å². The van der Waals surface area contributed by atoms with E-state index in [0.717, 1.165) is 12.1 Å². The molecule has 0 unspecified atom stereocenters. The van der Waals surface area contributed by atoms with Crippen LogP contribution in [0.25, 0.3) is 0 Å². The maximum atomic E-state index is 11.0. The number of phenolic OH excluding ortho intramolecular Hbond substituents is 2. The summed E-state index contributed by atoms with van der Waals surface area (Å²) in [6, 6.07) is 1.53. The molecule has 24 heavy (non-hydrogen) atoms. The second-order valence-electron chi connectivity index (χ2n) is 5.00. The third-order valence-corrected chi connectivity index (χ3v) is 3.36. The number of carboxylic acids is 2. The van der Waals surface area contributed by atoms with E-state index in [1.54, 1.807) is 0 Å². The molecule has 1 fully saturated rings. The van der Waals surface area contributed by atoms with E-state index in [-0.39, 0.29) is 0 Å². The largest absolute Gasteiger partial charge is 0.504 e. The van der Waals surface area contributed by atoms with E-state index in [0.29, 0.717) is 0 Å². The Morgan fingerprint density at radius 1 is 1.00 bits per heavy atom. The monoisotopic (exact) mass is 346 g/mol. The molecule has 0 bridgehead atoms. The molecule has 2 rings (SSSR count). The molecular weight excluding hydrogens is 332 g/mol. The number of hydrogen-bond acceptors (Lipinski definition) is 9. The Morgan fingerprint density at radius 3 is 2.17 bits per heavy atom. The second-order valence-corrected chi connectivity index (χ2v) is 5.00. The number of aliphatic carboxylic acids is 1. The lowest BCUT2D eigenvalue weighted by molar-refractivity contribution is -0.271. The van der Waals surface area contributed by atoms with Gasteiger partial charge in [0.1, 0.15) is 18.3 Å². The molecule has 0 saturated carbocycles. The Kier molecular flexibility index (Phi) is 4.80. The van der Waals surface area contributed by atoms with Crippen LogP contribution >= 0.6 is 0 Å². The molecule has 11 heteroatoms. The maximum absolute atomic E-state index is 11.0. The highest BCUT2D eigenvalue weighted by molar-refractivity contribution is 5.89. The molecule has 7 N–H and O–H groups in total. The molecule has 1 heterocycles. The molecule has 132 valence electrons. The van der Waals surface area contributed by atoms with Gasteiger partial charge in [-0.15, -0.1) is 0 Å². The van der Waals surface area contributed by atoms with Gasteiger partial charge in [-0.2, -0.15) is 0 Å². The molecule has 0 aliphatic carbocycles. The number of benzene rings is 1. The van der Waals surface area contributed by atoms with Crippen LogP contribution in [-0.2, 0) is 9.53 Å². The number of aliphatic hydroxyl groups excluding tert-OH is 3. The third-order valence-electron chi connectivity index (χ3n) is 3.36. The Balaban J connectivity index is 2.32. The highest BCUT2D eigenvalue weighted by Crippen LogP contribution is 2.38. The van der Waals surface area contributed by atoms with Gasteiger partial charge in [0.15, 0.2) is 17.6 Å². The summed E-state index contributed by atoms with van der Waals surface area (Å²) in [6.45, 7) is 0. The van der Waals surface area contributed by atoms with E-state index >= 15 is 0 Å². The first-order valence-corrected chi connectivity index (χ1v) is 6.52. The van der Waals surface area contributed by atoms with Gasteiger partial charge in [0.05, 0.1) is 5.56 Å². The van der Waals surface area contributed by atoms with E-state index in [1.165, 1.54) is 0 Å². The van der Waals surface area contributed by atoms with Crippen LogP contribution in [0.4, 0.5) is 0 Å². The molecule has 0 amide bonds. The quantitative estimate of drug-likeness (QED) is 0.300. The maximum Gasteiger partial charge on any atom is 0.335 e. The van der Waals surface area contributed by atoms with Gasteiger partial charge >= 0.3 is 11.9 Å². The molecule has 1 saturated heterocycles. The van der Waals surface area contributed by atoms with E-state index in [1.807, 2.05) is 0 Å². The first-order chi connectivity index (χ1) is 11.1. The van der Waals surface area contributed by atoms with Crippen molar-refractivity contribution in [1.29, 1.82) is 0 Å². The van der Waals surface area contributed by atoms with Crippen molar-refractivity contribution in [2.75, 3.05) is 0 Å². The fourth-order valence-electron chi connectivity index (χ4n) is 2.08. The summed E-state index contributed by atoms with van der Waals surface area (Å²) in [5.41, 5.74) is -0.471. The van der Waals surface area contributed by atoms with Crippen molar-refractivity contribution >= 4 is 11.9 Å². The van der Waals surface area contributed by atoms with E-state index < -0.39 is 65.5 Å². The summed E-state index contributed by atoms with van der Waals surface area (Å²) in [5.74, 6) is -5.47. The number of aliphatic hydroxyl groups is 3. The molecule has 1 aliphatic heterocycles. The lowest BCUT2D eigenvalue weighted by atomic mass is 9.99. The topological polar surface area (TPSA) is 194 Å². The Labute approximate surface area is 133 Å². The van der Waals surface area contributed by atoms with Crippen molar-refractivity contribution < 1.29 is 54.8 Å². The van der Waals surface area contributed by atoms with E-state index in [9.17, 15) is 35.1 Å². The number of aromatic hydroxyl groups is 2. The van der Waals surface area contributed by atoms with Crippen molar-refractivity contribution in [3.63, 3.8) is 0 Å². The SMILES string of the molecule is O=C(O)c1cc(O)c(O)c(O[C@@H]2O[C@H](C(=O)O)[C@@H](O)[C@H](O)[C@H]2O)c1. The van der Waals surface area contributed by atoms with Gasteiger partial charge < -0.3 is 45.2 Å². The van der Waals surface area contributed by atoms with Gasteiger partial charge in [0.2, 0.25) is 12.0 Å². The number of rotatable bonds is 4. The number of carbonyl (C=O) groups is 2. The predicted octanol–water partition coefficient (Wildman–Crippen LogP) is -1.93. The fraction of sp³-hybridized carbons (Fsp3) is 0.385. The number of ether oxygens (including phenoxy) is 2. The molecule has 1 aromatic rings. The average Bonchev–Trinajstić information content (AvgIpc) is 2.51. The van der Waals surface area contributed by atoms with E-state index in [4.69, 9.17) is 19.7 Å². The smallest absolute Gasteiger partial charge is 0.335 e. The molecular formula is C13H14O11. The number of hydrogen-bond donors (Lipinski definition) is 7. The fourth-order valence-corrected chi connectivity index (χ4v) is 2.08. The number of phenols is 2. The Hall–Kier alpha value is -2.60. The second kappa shape index (κ2) is 6.49. The first kappa shape index (κ1) is 17.7. The van der Waals surface area contributed by atoms with Crippen molar-refractivity contribution in [3.05, 3.63) is 17.7 Å². The predicted molar refractivity (Wildman–Crippen MR) is 71.7 cm³/mol. The summed E-state index contributed by atoms with van der Waals surface area (Å²) in [5, 5.41) is 66.0. The molecule has 0 radical (unpaired) electrons. The van der Waals surface area contributed by atoms with Crippen molar-refractivity contribution in [3.8, 4) is 17.2 Å². The van der Waals surface area contributed by atoms with Gasteiger partial charge in [0, 0.05) is 0 Å². The van der Waals surface area contributed by atoms with Crippen molar-refractivity contribution in [2.45, 2.75) is 30.7 Å². The molecule has 11 nitrogen and oxygen atoms in total. The summed E-state index contributed by atoms with van der Waals surface area (Å²) in [7, 11) is 0. The average molecular weight is 346 g/mol. The minimum atomic E-state index is -1.94. The van der Waals surface area contributed by atoms with Crippen LogP contribution in [0.5, 0.6) is 17.2 Å². The first-order valence-electron chi connectivity index (χ1n) is 6.52. The number of carboxylic acid groups (broad SMARTS) is 2. The summed E-state index contributed by atoms with van der Waals surface area (Å²) in [4.78, 5) is 21.9. The van der Waals surface area contributed by atoms with Gasteiger partial charge in [-0.05, 0) is 12.1 Å². The molecule has 0 spiro atoms. The summed E-state index contributed by atoms with van der Waals surface area (Å²) in [6.07, 6.45) is -9.59. The summed E-state index contributed by atoms with van der Waals surface area (Å²) >= 11 is 0. The minimum absolute atomic E-state index is 0.471. The normalized spacial score (nSPS) is 29.9. The zero-order chi connectivity index (χ0) is 18.2. The standard InChI is InChI=1S/C13H14O11/c14-4-1-3(11(19)20)2-5(6(4)15)23-13-9(18)7(16)8(17)10(24-13)12(21)22/h1-2,7-10,13-18H,(H,19,20)(H,21,22)/t7-,8-,9+,10-,13+/m0/s1. The van der Waals surface area contributed by atoms with Crippen molar-refractivity contribution in [1.82, 2.24) is 0 Å². The van der Waals surface area contributed by atoms with Crippen LogP contribution < -0.4 is 4.74 Å². The van der Waals surface area contributed by atoms with Crippen LogP contribution in [0.1, 0.15) is 10.4 Å². The Bertz CT molecular complexity index is 658. The highest BCUT2D eigenvalue weighted by atomic mass is 16.7. The molecule has 1 aromatic carbocycles. The Morgan fingerprint density at radius 2 is 1.62 bits per heavy atom. The van der Waals surface area contributed by atoms with Gasteiger partial charge in [-0.3, -0.25) is 0 Å². The van der Waals surface area contributed by atoms with Gasteiger partial charge in [0.25, 0.3) is 0 Å². The lowest BCUT2D eigenvalue weighted by Crippen LogP contribution is -2.61. The molecule has 5 atom stereocenters. The van der Waals surface area contributed by atoms with Crippen LogP contribution in [0.2, 0.25) is 0 Å². The summed E-state index contributed by atoms with van der Waals surface area (Å²) < 4.78 is 9.81. The van der Waals surface area contributed by atoms with Crippen LogP contribution in [-0.4, -0.2) is 78.4 Å². The zero-order valence-electron chi connectivity index (χ0n) is 11.8. The van der Waals surface area contributed by atoms with Gasteiger partial charge in [-0.1, -0.05) is 0 Å². The zero-order valence-corrected chi connectivity index (χ0v) is 11.8. The van der Waals surface area contributed by atoms with Gasteiger partial charge in [-0.25, -0.2) is 9.59 Å². The van der Waals surface area contributed by atoms with Crippen LogP contribution in [0.15, 0.2) is 12.1 Å².